The fourth-order valence-corrected chi connectivity index (χ4v) is 1.89. The van der Waals surface area contributed by atoms with Crippen molar-refractivity contribution >= 4 is 17.5 Å². The summed E-state index contributed by atoms with van der Waals surface area (Å²) in [7, 11) is 0. The number of carbonyl (C=O) groups excluding carboxylic acids is 2. The van der Waals surface area contributed by atoms with Gasteiger partial charge in [0.1, 0.15) is 5.82 Å². The molecule has 1 heterocycles. The van der Waals surface area contributed by atoms with Crippen LogP contribution in [0, 0.1) is 11.6 Å². The molecule has 0 aliphatic carbocycles. The van der Waals surface area contributed by atoms with E-state index in [-0.39, 0.29) is 18.5 Å². The van der Waals surface area contributed by atoms with Crippen molar-refractivity contribution in [3.63, 3.8) is 0 Å². The minimum Gasteiger partial charge on any atom is -0.396 e. The Morgan fingerprint density at radius 1 is 1.42 bits per heavy atom. The second-order valence-corrected chi connectivity index (χ2v) is 4.37. The molecular formula is C12H13F2N3O2. The van der Waals surface area contributed by atoms with Crippen LogP contribution >= 0.6 is 0 Å². The molecule has 5 nitrogen and oxygen atoms in total. The third-order valence-corrected chi connectivity index (χ3v) is 2.91. The molecule has 1 aliphatic heterocycles. The van der Waals surface area contributed by atoms with Gasteiger partial charge < -0.3 is 16.4 Å². The summed E-state index contributed by atoms with van der Waals surface area (Å²) in [6.45, 7) is 0.275. The Labute approximate surface area is 108 Å². The van der Waals surface area contributed by atoms with Crippen LogP contribution in [0.4, 0.5) is 14.5 Å². The van der Waals surface area contributed by atoms with Gasteiger partial charge in [-0.3, -0.25) is 9.59 Å². The van der Waals surface area contributed by atoms with Crippen molar-refractivity contribution < 1.29 is 18.4 Å². The van der Waals surface area contributed by atoms with E-state index in [1.54, 1.807) is 0 Å². The van der Waals surface area contributed by atoms with Crippen LogP contribution in [0.25, 0.3) is 0 Å². The number of nitrogens with two attached hydrogens (primary N) is 1. The molecule has 0 bridgehead atoms. The first-order valence-corrected chi connectivity index (χ1v) is 5.79. The first-order chi connectivity index (χ1) is 8.97. The predicted octanol–water partition coefficient (Wildman–Crippen LogP) is 0.555. The Morgan fingerprint density at radius 2 is 2.16 bits per heavy atom. The minimum atomic E-state index is -0.946. The van der Waals surface area contributed by atoms with E-state index < -0.39 is 28.8 Å². The summed E-state index contributed by atoms with van der Waals surface area (Å²) in [5.74, 6) is -2.56. The van der Waals surface area contributed by atoms with E-state index in [0.29, 0.717) is 12.8 Å². The third kappa shape index (κ3) is 2.98. The van der Waals surface area contributed by atoms with Gasteiger partial charge in [0.05, 0.1) is 11.3 Å². The molecule has 1 aromatic carbocycles. The monoisotopic (exact) mass is 269 g/mol. The maximum atomic E-state index is 13.6. The quantitative estimate of drug-likeness (QED) is 0.686. The minimum absolute atomic E-state index is 0.0910. The summed E-state index contributed by atoms with van der Waals surface area (Å²) >= 11 is 0. The number of hydrogen-bond acceptors (Lipinski definition) is 3. The molecule has 0 spiro atoms. The van der Waals surface area contributed by atoms with Gasteiger partial charge in [-0.15, -0.1) is 0 Å². The van der Waals surface area contributed by atoms with Crippen LogP contribution in [0.1, 0.15) is 23.2 Å². The average molecular weight is 269 g/mol. The molecule has 1 aromatic rings. The van der Waals surface area contributed by atoms with Gasteiger partial charge in [-0.25, -0.2) is 8.78 Å². The number of hydrogen-bond donors (Lipinski definition) is 3. The number of carbonyl (C=O) groups is 2. The van der Waals surface area contributed by atoms with Crippen molar-refractivity contribution in [1.82, 2.24) is 10.6 Å². The second kappa shape index (κ2) is 5.21. The van der Waals surface area contributed by atoms with Crippen molar-refractivity contribution in [3.05, 3.63) is 29.3 Å². The normalized spacial score (nSPS) is 18.8. The van der Waals surface area contributed by atoms with Crippen LogP contribution in [0.2, 0.25) is 0 Å². The highest BCUT2D eigenvalue weighted by Gasteiger charge is 2.22. The van der Waals surface area contributed by atoms with Gasteiger partial charge in [-0.05, 0) is 18.6 Å². The lowest BCUT2D eigenvalue weighted by Crippen LogP contribution is -2.47. The number of nitrogens with one attached hydrogen (secondary N) is 2. The summed E-state index contributed by atoms with van der Waals surface area (Å²) in [5, 5.41) is 5.12. The topological polar surface area (TPSA) is 84.2 Å². The highest BCUT2D eigenvalue weighted by Crippen LogP contribution is 2.17. The zero-order valence-corrected chi connectivity index (χ0v) is 10.0. The molecule has 0 saturated carbocycles. The van der Waals surface area contributed by atoms with Crippen LogP contribution < -0.4 is 16.4 Å². The molecule has 1 aliphatic rings. The first-order valence-electron chi connectivity index (χ1n) is 5.79. The third-order valence-electron chi connectivity index (χ3n) is 2.91. The Bertz CT molecular complexity index is 524. The summed E-state index contributed by atoms with van der Waals surface area (Å²) in [6.07, 6.45) is 0.753. The molecule has 1 atom stereocenters. The highest BCUT2D eigenvalue weighted by atomic mass is 19.1. The number of rotatable bonds is 2. The van der Waals surface area contributed by atoms with E-state index in [9.17, 15) is 18.4 Å². The molecule has 1 saturated heterocycles. The number of piperidine rings is 1. The largest absolute Gasteiger partial charge is 0.396 e. The van der Waals surface area contributed by atoms with E-state index in [2.05, 4.69) is 10.6 Å². The maximum absolute atomic E-state index is 13.6. The first kappa shape index (κ1) is 13.3. The number of halogens is 2. The fourth-order valence-electron chi connectivity index (χ4n) is 1.89. The molecule has 102 valence electrons. The van der Waals surface area contributed by atoms with E-state index in [0.717, 1.165) is 12.1 Å². The van der Waals surface area contributed by atoms with Gasteiger partial charge in [0.15, 0.2) is 5.82 Å². The standard InChI is InChI=1S/C12H13F2N3O2/c13-6-3-8(11(14)9(15)4-6)12(19)17-7-1-2-10(18)16-5-7/h3-4,7H,1-2,5,15H2,(H,16,18)(H,17,19). The van der Waals surface area contributed by atoms with Gasteiger partial charge in [0.25, 0.3) is 5.91 Å². The second-order valence-electron chi connectivity index (χ2n) is 4.37. The van der Waals surface area contributed by atoms with Crippen LogP contribution in [0.3, 0.4) is 0 Å². The van der Waals surface area contributed by atoms with Crippen molar-refractivity contribution in [2.45, 2.75) is 18.9 Å². The molecule has 2 amide bonds. The van der Waals surface area contributed by atoms with Crippen molar-refractivity contribution in [3.8, 4) is 0 Å². The van der Waals surface area contributed by atoms with Gasteiger partial charge in [-0.2, -0.15) is 0 Å². The van der Waals surface area contributed by atoms with E-state index in [1.807, 2.05) is 0 Å². The lowest BCUT2D eigenvalue weighted by molar-refractivity contribution is -0.122. The van der Waals surface area contributed by atoms with Crippen molar-refractivity contribution in [1.29, 1.82) is 0 Å². The lowest BCUT2D eigenvalue weighted by atomic mass is 10.1. The van der Waals surface area contributed by atoms with E-state index in [1.165, 1.54) is 0 Å². The van der Waals surface area contributed by atoms with Gasteiger partial charge >= 0.3 is 0 Å². The molecule has 4 N–H and O–H groups in total. The molecular weight excluding hydrogens is 256 g/mol. The number of benzene rings is 1. The SMILES string of the molecule is Nc1cc(F)cc(C(=O)NC2CCC(=O)NC2)c1F. The summed E-state index contributed by atoms with van der Waals surface area (Å²) in [6, 6.07) is 1.31. The zero-order valence-electron chi connectivity index (χ0n) is 10.0. The number of anilines is 1. The molecule has 0 aromatic heterocycles. The lowest BCUT2D eigenvalue weighted by Gasteiger charge is -2.23. The van der Waals surface area contributed by atoms with Crippen LogP contribution in [-0.4, -0.2) is 24.4 Å². The highest BCUT2D eigenvalue weighted by molar-refractivity contribution is 5.95. The predicted molar refractivity (Wildman–Crippen MR) is 64.3 cm³/mol. The fraction of sp³-hybridized carbons (Fsp3) is 0.333. The molecule has 1 unspecified atom stereocenters. The number of nitrogen functional groups attached to an aromatic ring is 1. The molecule has 0 radical (unpaired) electrons. The Morgan fingerprint density at radius 3 is 2.79 bits per heavy atom. The van der Waals surface area contributed by atoms with Crippen LogP contribution in [0.5, 0.6) is 0 Å². The van der Waals surface area contributed by atoms with Gasteiger partial charge in [-0.1, -0.05) is 0 Å². The van der Waals surface area contributed by atoms with Crippen LogP contribution in [0.15, 0.2) is 12.1 Å². The van der Waals surface area contributed by atoms with Gasteiger partial charge in [0.2, 0.25) is 5.91 Å². The molecule has 7 heteroatoms. The van der Waals surface area contributed by atoms with Gasteiger partial charge in [0, 0.05) is 19.0 Å². The average Bonchev–Trinajstić information content (AvgIpc) is 2.36. The van der Waals surface area contributed by atoms with Crippen molar-refractivity contribution in [2.24, 2.45) is 0 Å². The Balaban J connectivity index is 2.10. The van der Waals surface area contributed by atoms with Crippen LogP contribution in [-0.2, 0) is 4.79 Å². The van der Waals surface area contributed by atoms with E-state index in [4.69, 9.17) is 5.73 Å². The molecule has 2 rings (SSSR count). The number of amides is 2. The maximum Gasteiger partial charge on any atom is 0.254 e. The summed E-state index contributed by atoms with van der Waals surface area (Å²) < 4.78 is 26.7. The Hall–Kier alpha value is -2.18. The van der Waals surface area contributed by atoms with E-state index >= 15 is 0 Å². The summed E-state index contributed by atoms with van der Waals surface area (Å²) in [4.78, 5) is 22.8. The van der Waals surface area contributed by atoms with Crippen molar-refractivity contribution in [2.75, 3.05) is 12.3 Å². The smallest absolute Gasteiger partial charge is 0.254 e. The zero-order chi connectivity index (χ0) is 14.0. The molecule has 1 fully saturated rings. The summed E-state index contributed by atoms with van der Waals surface area (Å²) in [5.41, 5.74) is 4.41. The molecule has 19 heavy (non-hydrogen) atoms. The Kier molecular flexibility index (Phi) is 3.64.